The van der Waals surface area contributed by atoms with E-state index < -0.39 is 0 Å². The van der Waals surface area contributed by atoms with E-state index >= 15 is 0 Å². The lowest BCUT2D eigenvalue weighted by Gasteiger charge is -2.09. The van der Waals surface area contributed by atoms with Gasteiger partial charge in [-0.15, -0.1) is 0 Å². The number of benzene rings is 2. The van der Waals surface area contributed by atoms with Crippen molar-refractivity contribution in [1.82, 2.24) is 9.35 Å². The third kappa shape index (κ3) is 2.38. The van der Waals surface area contributed by atoms with Crippen LogP contribution in [0.25, 0.3) is 10.8 Å². The Morgan fingerprint density at radius 1 is 0.536 bits per heavy atom. The summed E-state index contributed by atoms with van der Waals surface area (Å²) in [4.78, 5) is 0. The van der Waals surface area contributed by atoms with Crippen molar-refractivity contribution < 1.29 is 0 Å². The molecule has 2 aromatic heterocycles. The second-order valence-corrected chi connectivity index (χ2v) is 7.46. The highest BCUT2D eigenvalue weighted by Crippen LogP contribution is 2.32. The molecule has 138 valence electrons. The molecule has 0 bridgehead atoms. The predicted octanol–water partition coefficient (Wildman–Crippen LogP) is 5.19. The van der Waals surface area contributed by atoms with Gasteiger partial charge in [-0.25, -0.2) is 9.35 Å². The van der Waals surface area contributed by atoms with Gasteiger partial charge in [0.25, 0.3) is 0 Å². The first kappa shape index (κ1) is 16.8. The highest BCUT2D eigenvalue weighted by atomic mass is 15.4. The van der Waals surface area contributed by atoms with E-state index in [2.05, 4.69) is 88.4 Å². The van der Waals surface area contributed by atoms with E-state index in [1.807, 2.05) is 9.35 Å². The maximum Gasteiger partial charge on any atom is 0.120 e. The van der Waals surface area contributed by atoms with E-state index in [9.17, 15) is 0 Å². The molecule has 0 atom stereocenters. The Bertz CT molecular complexity index is 1160. The van der Waals surface area contributed by atoms with Crippen LogP contribution in [-0.4, -0.2) is 20.8 Å². The Kier molecular flexibility index (Phi) is 3.63. The largest absolute Gasteiger partial charge is 0.242 e. The molecule has 0 saturated heterocycles. The molecule has 0 radical (unpaired) electrons. The van der Waals surface area contributed by atoms with Crippen molar-refractivity contribution in [2.75, 3.05) is 0 Å². The predicted molar refractivity (Wildman–Crippen MR) is 116 cm³/mol. The third-order valence-electron chi connectivity index (χ3n) is 5.51. The average Bonchev–Trinajstić information content (AvgIpc) is 3.29. The van der Waals surface area contributed by atoms with Crippen LogP contribution >= 0.6 is 0 Å². The molecule has 0 saturated carbocycles. The fourth-order valence-corrected chi connectivity index (χ4v) is 4.03. The minimum atomic E-state index is 0.918. The zero-order valence-corrected chi connectivity index (χ0v) is 16.6. The standard InChI is InChI=1S/C24H22N4/c1-15-11-12-16(2)27(15)25-23-20-9-5-7-19-8-6-10-21(22(19)20)24(23)26-28-17(3)13-14-18(28)4/h5-14H,1-4H3/b25-23+,26-24?. The molecule has 0 unspecified atom stereocenters. The molecule has 0 amide bonds. The summed E-state index contributed by atoms with van der Waals surface area (Å²) in [6, 6.07) is 21.2. The van der Waals surface area contributed by atoms with Crippen molar-refractivity contribution in [3.8, 4) is 0 Å². The quantitative estimate of drug-likeness (QED) is 0.468. The van der Waals surface area contributed by atoms with Gasteiger partial charge in [0.15, 0.2) is 0 Å². The zero-order chi connectivity index (χ0) is 19.4. The Balaban J connectivity index is 1.85. The lowest BCUT2D eigenvalue weighted by atomic mass is 10.1. The molecule has 4 aromatic rings. The first-order chi connectivity index (χ1) is 13.5. The topological polar surface area (TPSA) is 34.6 Å². The second-order valence-electron chi connectivity index (χ2n) is 7.46. The van der Waals surface area contributed by atoms with E-state index in [1.165, 1.54) is 10.8 Å². The molecular formula is C24H22N4. The monoisotopic (exact) mass is 366 g/mol. The van der Waals surface area contributed by atoms with Crippen LogP contribution in [0.1, 0.15) is 33.9 Å². The minimum absolute atomic E-state index is 0.918. The summed E-state index contributed by atoms with van der Waals surface area (Å²) in [5, 5.41) is 12.6. The zero-order valence-electron chi connectivity index (χ0n) is 16.6. The fraction of sp³-hybridized carbons (Fsp3) is 0.167. The van der Waals surface area contributed by atoms with Crippen LogP contribution in [0.15, 0.2) is 70.9 Å². The van der Waals surface area contributed by atoms with Crippen LogP contribution in [0.2, 0.25) is 0 Å². The van der Waals surface area contributed by atoms with E-state index in [1.54, 1.807) is 0 Å². The average molecular weight is 366 g/mol. The van der Waals surface area contributed by atoms with Gasteiger partial charge in [0.1, 0.15) is 11.4 Å². The summed E-state index contributed by atoms with van der Waals surface area (Å²) >= 11 is 0. The maximum absolute atomic E-state index is 5.07. The first-order valence-electron chi connectivity index (χ1n) is 9.55. The smallest absolute Gasteiger partial charge is 0.120 e. The number of aryl methyl sites for hydroxylation is 4. The Labute approximate surface area is 164 Å². The number of aromatic nitrogens is 2. The van der Waals surface area contributed by atoms with Crippen molar-refractivity contribution in [1.29, 1.82) is 0 Å². The lowest BCUT2D eigenvalue weighted by molar-refractivity contribution is 0.808. The highest BCUT2D eigenvalue weighted by Gasteiger charge is 2.28. The molecule has 1 aliphatic rings. The SMILES string of the molecule is Cc1ccc(C)n1N=C1/C(=N/n2c(C)ccc2C)c2cccc3cccc1c23. The van der Waals surface area contributed by atoms with Gasteiger partial charge in [0.05, 0.1) is 0 Å². The minimum Gasteiger partial charge on any atom is -0.242 e. The van der Waals surface area contributed by atoms with Crippen LogP contribution < -0.4 is 0 Å². The number of nitrogens with zero attached hydrogens (tertiary/aromatic N) is 4. The molecule has 1 aliphatic carbocycles. The van der Waals surface area contributed by atoms with Gasteiger partial charge in [-0.2, -0.15) is 10.2 Å². The Hall–Kier alpha value is -3.40. The summed E-state index contributed by atoms with van der Waals surface area (Å²) in [6.45, 7) is 8.32. The van der Waals surface area contributed by atoms with Crippen molar-refractivity contribution in [2.45, 2.75) is 27.7 Å². The second kappa shape index (κ2) is 6.06. The van der Waals surface area contributed by atoms with Crippen LogP contribution in [-0.2, 0) is 0 Å². The van der Waals surface area contributed by atoms with Gasteiger partial charge in [-0.05, 0) is 57.3 Å². The summed E-state index contributed by atoms with van der Waals surface area (Å²) in [5.74, 6) is 0. The van der Waals surface area contributed by atoms with Crippen molar-refractivity contribution in [3.05, 3.63) is 94.6 Å². The van der Waals surface area contributed by atoms with Crippen molar-refractivity contribution in [2.24, 2.45) is 10.2 Å². The van der Waals surface area contributed by atoms with Gasteiger partial charge in [0.2, 0.25) is 0 Å². The molecule has 28 heavy (non-hydrogen) atoms. The molecule has 0 aliphatic heterocycles. The molecule has 2 heterocycles. The van der Waals surface area contributed by atoms with Gasteiger partial charge >= 0.3 is 0 Å². The van der Waals surface area contributed by atoms with Gasteiger partial charge in [-0.1, -0.05) is 36.4 Å². The summed E-state index contributed by atoms with van der Waals surface area (Å²) in [5.41, 5.74) is 8.57. The van der Waals surface area contributed by atoms with Gasteiger partial charge in [-0.3, -0.25) is 0 Å². The lowest BCUT2D eigenvalue weighted by Crippen LogP contribution is -2.16. The molecule has 0 spiro atoms. The summed E-state index contributed by atoms with van der Waals surface area (Å²) in [6.07, 6.45) is 0. The van der Waals surface area contributed by atoms with Crippen LogP contribution in [0.3, 0.4) is 0 Å². The van der Waals surface area contributed by atoms with Crippen LogP contribution in [0, 0.1) is 27.7 Å². The number of hydrogen-bond donors (Lipinski definition) is 0. The number of hydrogen-bond acceptors (Lipinski definition) is 2. The van der Waals surface area contributed by atoms with E-state index in [4.69, 9.17) is 10.2 Å². The maximum atomic E-state index is 5.07. The highest BCUT2D eigenvalue weighted by molar-refractivity contribution is 6.60. The molecule has 2 aromatic carbocycles. The summed E-state index contributed by atoms with van der Waals surface area (Å²) < 4.78 is 4.01. The molecule has 4 nitrogen and oxygen atoms in total. The number of rotatable bonds is 2. The van der Waals surface area contributed by atoms with Crippen molar-refractivity contribution >= 4 is 22.2 Å². The van der Waals surface area contributed by atoms with E-state index in [0.717, 1.165) is 45.3 Å². The molecule has 0 fully saturated rings. The fourth-order valence-electron chi connectivity index (χ4n) is 4.03. The normalized spacial score (nSPS) is 16.0. The Morgan fingerprint density at radius 3 is 1.32 bits per heavy atom. The van der Waals surface area contributed by atoms with Gasteiger partial charge in [0, 0.05) is 39.3 Å². The molecule has 4 heteroatoms. The van der Waals surface area contributed by atoms with Crippen LogP contribution in [0.5, 0.6) is 0 Å². The Morgan fingerprint density at radius 2 is 0.929 bits per heavy atom. The van der Waals surface area contributed by atoms with E-state index in [0.29, 0.717) is 0 Å². The third-order valence-corrected chi connectivity index (χ3v) is 5.51. The molecule has 5 rings (SSSR count). The first-order valence-corrected chi connectivity index (χ1v) is 9.55. The van der Waals surface area contributed by atoms with Crippen LogP contribution in [0.4, 0.5) is 0 Å². The summed E-state index contributed by atoms with van der Waals surface area (Å²) in [7, 11) is 0. The molecular weight excluding hydrogens is 344 g/mol. The van der Waals surface area contributed by atoms with E-state index in [-0.39, 0.29) is 0 Å². The van der Waals surface area contributed by atoms with Gasteiger partial charge < -0.3 is 0 Å². The van der Waals surface area contributed by atoms with Crippen molar-refractivity contribution in [3.63, 3.8) is 0 Å². The molecule has 0 N–H and O–H groups in total.